The van der Waals surface area contributed by atoms with Gasteiger partial charge in [-0.2, -0.15) is 0 Å². The number of nitrogens with one attached hydrogen (secondary N) is 1. The standard InChI is InChI=1S/C16H19BrClN3/c1-3-19-9-13-8-15(18)16(20-10-13)21(2)11-12-4-6-14(17)7-5-12/h4-8,10,19H,3,9,11H2,1-2H3. The van der Waals surface area contributed by atoms with Gasteiger partial charge in [-0.25, -0.2) is 4.98 Å². The maximum absolute atomic E-state index is 6.36. The number of halogens is 2. The molecule has 0 amide bonds. The molecule has 1 aromatic carbocycles. The minimum absolute atomic E-state index is 0.685. The first-order valence-corrected chi connectivity index (χ1v) is 8.08. The Morgan fingerprint density at radius 1 is 1.24 bits per heavy atom. The molecule has 112 valence electrons. The number of hydrogen-bond donors (Lipinski definition) is 1. The zero-order chi connectivity index (χ0) is 15.2. The number of aromatic nitrogens is 1. The third kappa shape index (κ3) is 4.70. The molecule has 2 rings (SSSR count). The largest absolute Gasteiger partial charge is 0.354 e. The van der Waals surface area contributed by atoms with Gasteiger partial charge in [-0.15, -0.1) is 0 Å². The number of benzene rings is 1. The van der Waals surface area contributed by atoms with Crippen LogP contribution in [0.1, 0.15) is 18.1 Å². The van der Waals surface area contributed by atoms with E-state index in [0.29, 0.717) is 5.02 Å². The van der Waals surface area contributed by atoms with Crippen LogP contribution in [0.15, 0.2) is 41.0 Å². The van der Waals surface area contributed by atoms with Crippen LogP contribution in [-0.4, -0.2) is 18.6 Å². The second-order valence-electron chi connectivity index (χ2n) is 4.91. The molecule has 5 heteroatoms. The molecule has 0 aliphatic rings. The van der Waals surface area contributed by atoms with E-state index in [-0.39, 0.29) is 0 Å². The molecule has 3 nitrogen and oxygen atoms in total. The highest BCUT2D eigenvalue weighted by Crippen LogP contribution is 2.24. The van der Waals surface area contributed by atoms with Gasteiger partial charge in [0.15, 0.2) is 0 Å². The molecule has 0 aliphatic carbocycles. The third-order valence-corrected chi connectivity index (χ3v) is 3.96. The lowest BCUT2D eigenvalue weighted by atomic mass is 10.2. The summed E-state index contributed by atoms with van der Waals surface area (Å²) in [5, 5.41) is 3.95. The summed E-state index contributed by atoms with van der Waals surface area (Å²) in [6.07, 6.45) is 1.88. The average Bonchev–Trinajstić information content (AvgIpc) is 2.47. The molecule has 1 heterocycles. The van der Waals surface area contributed by atoms with Gasteiger partial charge < -0.3 is 10.2 Å². The molecule has 1 N–H and O–H groups in total. The Bertz CT molecular complexity index is 587. The Labute approximate surface area is 139 Å². The van der Waals surface area contributed by atoms with Gasteiger partial charge >= 0.3 is 0 Å². The summed E-state index contributed by atoms with van der Waals surface area (Å²) in [6.45, 7) is 4.57. The van der Waals surface area contributed by atoms with E-state index in [1.54, 1.807) is 0 Å². The minimum Gasteiger partial charge on any atom is -0.354 e. The molecule has 0 saturated heterocycles. The number of anilines is 1. The molecule has 0 atom stereocenters. The zero-order valence-corrected chi connectivity index (χ0v) is 14.6. The highest BCUT2D eigenvalue weighted by molar-refractivity contribution is 9.10. The van der Waals surface area contributed by atoms with Crippen LogP contribution in [0.25, 0.3) is 0 Å². The molecule has 0 unspecified atom stereocenters. The Balaban J connectivity index is 2.08. The van der Waals surface area contributed by atoms with E-state index in [4.69, 9.17) is 11.6 Å². The van der Waals surface area contributed by atoms with E-state index in [1.807, 2.05) is 31.4 Å². The van der Waals surface area contributed by atoms with Crippen LogP contribution in [0.3, 0.4) is 0 Å². The van der Waals surface area contributed by atoms with Crippen LogP contribution >= 0.6 is 27.5 Å². The first-order valence-electron chi connectivity index (χ1n) is 6.91. The van der Waals surface area contributed by atoms with Crippen molar-refractivity contribution in [1.82, 2.24) is 10.3 Å². The van der Waals surface area contributed by atoms with Crippen LogP contribution in [0.5, 0.6) is 0 Å². The van der Waals surface area contributed by atoms with Gasteiger partial charge in [-0.05, 0) is 35.9 Å². The second kappa shape index (κ2) is 7.78. The quantitative estimate of drug-likeness (QED) is 0.826. The number of rotatable bonds is 6. The average molecular weight is 369 g/mol. The summed E-state index contributed by atoms with van der Waals surface area (Å²) in [5.41, 5.74) is 2.32. The highest BCUT2D eigenvalue weighted by Gasteiger charge is 2.09. The van der Waals surface area contributed by atoms with Crippen molar-refractivity contribution in [2.75, 3.05) is 18.5 Å². The van der Waals surface area contributed by atoms with Gasteiger partial charge in [0.1, 0.15) is 5.82 Å². The molecule has 0 bridgehead atoms. The fourth-order valence-corrected chi connectivity index (χ4v) is 2.65. The predicted octanol–water partition coefficient (Wildman–Crippen LogP) is 4.24. The Hall–Kier alpha value is -1.10. The van der Waals surface area contributed by atoms with Crippen LogP contribution in [-0.2, 0) is 13.1 Å². The maximum Gasteiger partial charge on any atom is 0.147 e. The molecular formula is C16H19BrClN3. The van der Waals surface area contributed by atoms with Crippen LogP contribution in [0.4, 0.5) is 5.82 Å². The first kappa shape index (κ1) is 16.3. The minimum atomic E-state index is 0.685. The maximum atomic E-state index is 6.36. The van der Waals surface area contributed by atoms with Crippen molar-refractivity contribution in [2.45, 2.75) is 20.0 Å². The number of hydrogen-bond acceptors (Lipinski definition) is 3. The molecule has 0 fully saturated rings. The van der Waals surface area contributed by atoms with Gasteiger partial charge in [-0.3, -0.25) is 0 Å². The summed E-state index contributed by atoms with van der Waals surface area (Å²) in [5.74, 6) is 0.805. The monoisotopic (exact) mass is 367 g/mol. The van der Waals surface area contributed by atoms with Crippen LogP contribution in [0.2, 0.25) is 5.02 Å². The Morgan fingerprint density at radius 2 is 1.95 bits per heavy atom. The van der Waals surface area contributed by atoms with E-state index in [1.165, 1.54) is 5.56 Å². The van der Waals surface area contributed by atoms with Crippen molar-refractivity contribution in [2.24, 2.45) is 0 Å². The summed E-state index contributed by atoms with van der Waals surface area (Å²) in [4.78, 5) is 6.55. The summed E-state index contributed by atoms with van der Waals surface area (Å²) >= 11 is 9.80. The van der Waals surface area contributed by atoms with Gasteiger partial charge in [0.05, 0.1) is 5.02 Å². The van der Waals surface area contributed by atoms with Crippen molar-refractivity contribution in [3.63, 3.8) is 0 Å². The third-order valence-electron chi connectivity index (χ3n) is 3.15. The summed E-state index contributed by atoms with van der Waals surface area (Å²) in [6, 6.07) is 10.2. The van der Waals surface area contributed by atoms with Gasteiger partial charge in [0, 0.05) is 30.8 Å². The lowest BCUT2D eigenvalue weighted by Crippen LogP contribution is -2.18. The van der Waals surface area contributed by atoms with Crippen molar-refractivity contribution >= 4 is 33.3 Å². The van der Waals surface area contributed by atoms with Gasteiger partial charge in [0.2, 0.25) is 0 Å². The fourth-order valence-electron chi connectivity index (χ4n) is 2.06. The summed E-state index contributed by atoms with van der Waals surface area (Å²) in [7, 11) is 2.00. The van der Waals surface area contributed by atoms with E-state index < -0.39 is 0 Å². The van der Waals surface area contributed by atoms with E-state index in [2.05, 4.69) is 50.2 Å². The summed E-state index contributed by atoms with van der Waals surface area (Å²) < 4.78 is 1.08. The molecule has 0 spiro atoms. The molecule has 0 aliphatic heterocycles. The normalized spacial score (nSPS) is 10.7. The highest BCUT2D eigenvalue weighted by atomic mass is 79.9. The fraction of sp³-hybridized carbons (Fsp3) is 0.312. The molecule has 2 aromatic rings. The first-order chi connectivity index (χ1) is 10.1. The molecule has 0 saturated carbocycles. The smallest absolute Gasteiger partial charge is 0.147 e. The second-order valence-corrected chi connectivity index (χ2v) is 6.23. The molecular weight excluding hydrogens is 350 g/mol. The van der Waals surface area contributed by atoms with Gasteiger partial charge in [-0.1, -0.05) is 46.6 Å². The lowest BCUT2D eigenvalue weighted by molar-refractivity contribution is 0.724. The van der Waals surface area contributed by atoms with Crippen molar-refractivity contribution in [1.29, 1.82) is 0 Å². The van der Waals surface area contributed by atoms with Gasteiger partial charge in [0.25, 0.3) is 0 Å². The number of pyridine rings is 1. The zero-order valence-electron chi connectivity index (χ0n) is 12.2. The van der Waals surface area contributed by atoms with Crippen molar-refractivity contribution in [3.05, 3.63) is 57.2 Å². The Morgan fingerprint density at radius 3 is 2.57 bits per heavy atom. The van der Waals surface area contributed by atoms with E-state index >= 15 is 0 Å². The Kier molecular flexibility index (Phi) is 6.03. The molecule has 0 radical (unpaired) electrons. The van der Waals surface area contributed by atoms with Crippen molar-refractivity contribution in [3.8, 4) is 0 Å². The van der Waals surface area contributed by atoms with Crippen LogP contribution in [0, 0.1) is 0 Å². The van der Waals surface area contributed by atoms with Crippen molar-refractivity contribution < 1.29 is 0 Å². The van der Waals surface area contributed by atoms with E-state index in [0.717, 1.165) is 35.5 Å². The molecule has 21 heavy (non-hydrogen) atoms. The lowest BCUT2D eigenvalue weighted by Gasteiger charge is -2.20. The SMILES string of the molecule is CCNCc1cnc(N(C)Cc2ccc(Br)cc2)c(Cl)c1. The van der Waals surface area contributed by atoms with E-state index in [9.17, 15) is 0 Å². The van der Waals surface area contributed by atoms with Crippen LogP contribution < -0.4 is 10.2 Å². The number of nitrogens with zero attached hydrogens (tertiary/aromatic N) is 2. The topological polar surface area (TPSA) is 28.2 Å². The molecule has 1 aromatic heterocycles. The predicted molar refractivity (Wildman–Crippen MR) is 92.9 cm³/mol.